The van der Waals surface area contributed by atoms with Crippen molar-refractivity contribution in [3.8, 4) is 0 Å². The van der Waals surface area contributed by atoms with Crippen LogP contribution in [-0.4, -0.2) is 54.1 Å². The molecule has 0 bridgehead atoms. The van der Waals surface area contributed by atoms with Crippen LogP contribution in [0.1, 0.15) is 66.6 Å². The van der Waals surface area contributed by atoms with Crippen molar-refractivity contribution < 1.29 is 33.7 Å². The Kier molecular flexibility index (Phi) is 8.18. The molecular formula is C31H30N2O7. The number of aliphatic hydroxyl groups excluding tert-OH is 1. The van der Waals surface area contributed by atoms with Gasteiger partial charge in [0.05, 0.1) is 29.9 Å². The number of hydrogen-bond acceptors (Lipinski definition) is 8. The lowest BCUT2D eigenvalue weighted by Crippen LogP contribution is -2.37. The molecule has 9 nitrogen and oxygen atoms in total. The number of benzene rings is 3. The number of carbonyl (C=O) groups excluding carboxylic acids is 3. The molecule has 0 radical (unpaired) electrons. The highest BCUT2D eigenvalue weighted by molar-refractivity contribution is 6.16. The van der Waals surface area contributed by atoms with Gasteiger partial charge >= 0.3 is 11.9 Å². The molecule has 2 aliphatic rings. The number of aliphatic hydroxyl groups is 1. The molecule has 1 amide bonds. The van der Waals surface area contributed by atoms with Gasteiger partial charge < -0.3 is 29.5 Å². The van der Waals surface area contributed by atoms with E-state index in [1.807, 2.05) is 43.5 Å². The molecule has 2 heterocycles. The summed E-state index contributed by atoms with van der Waals surface area (Å²) < 4.78 is 17.4. The number of hydrogen-bond donors (Lipinski definition) is 2. The Labute approximate surface area is 232 Å². The number of amides is 1. The summed E-state index contributed by atoms with van der Waals surface area (Å²) >= 11 is 0. The molecule has 3 aromatic carbocycles. The van der Waals surface area contributed by atoms with Crippen LogP contribution in [0.25, 0.3) is 0 Å². The highest BCUT2D eigenvalue weighted by atomic mass is 16.7. The average molecular weight is 543 g/mol. The fourth-order valence-corrected chi connectivity index (χ4v) is 4.87. The summed E-state index contributed by atoms with van der Waals surface area (Å²) in [5.41, 5.74) is 3.49. The molecule has 0 aliphatic carbocycles. The first-order valence-corrected chi connectivity index (χ1v) is 13.0. The van der Waals surface area contributed by atoms with E-state index in [0.717, 1.165) is 23.2 Å². The molecule has 1 saturated heterocycles. The van der Waals surface area contributed by atoms with E-state index in [0.29, 0.717) is 18.7 Å². The molecule has 5 rings (SSSR count). The smallest absolute Gasteiger partial charge is 0.346 e. The van der Waals surface area contributed by atoms with Gasteiger partial charge in [-0.25, -0.2) is 9.59 Å². The fourth-order valence-electron chi connectivity index (χ4n) is 4.87. The number of rotatable bonds is 9. The van der Waals surface area contributed by atoms with Crippen LogP contribution in [0.15, 0.2) is 79.4 Å². The minimum Gasteiger partial charge on any atom is -0.392 e. The number of nitrogens with one attached hydrogen (secondary N) is 1. The molecule has 206 valence electrons. The lowest BCUT2D eigenvalue weighted by atomic mass is 9.99. The van der Waals surface area contributed by atoms with Gasteiger partial charge in [-0.3, -0.25) is 4.79 Å². The van der Waals surface area contributed by atoms with Gasteiger partial charge in [0.2, 0.25) is 0 Å². The molecule has 3 atom stereocenters. The van der Waals surface area contributed by atoms with Crippen molar-refractivity contribution in [1.29, 1.82) is 0 Å². The quantitative estimate of drug-likeness (QED) is 0.232. The minimum atomic E-state index is -0.767. The Bertz CT molecular complexity index is 1440. The molecule has 1 fully saturated rings. The van der Waals surface area contributed by atoms with Gasteiger partial charge in [-0.2, -0.15) is 0 Å². The van der Waals surface area contributed by atoms with E-state index >= 15 is 0 Å². The average Bonchev–Trinajstić information content (AvgIpc) is 3.25. The summed E-state index contributed by atoms with van der Waals surface area (Å²) in [4.78, 5) is 38.7. The summed E-state index contributed by atoms with van der Waals surface area (Å²) in [7, 11) is 2.01. The topological polar surface area (TPSA) is 114 Å². The zero-order valence-corrected chi connectivity index (χ0v) is 22.0. The van der Waals surface area contributed by atoms with Crippen molar-refractivity contribution in [2.45, 2.75) is 31.5 Å². The van der Waals surface area contributed by atoms with Gasteiger partial charge in [0, 0.05) is 36.3 Å². The van der Waals surface area contributed by atoms with Crippen LogP contribution in [0.3, 0.4) is 0 Å². The van der Waals surface area contributed by atoms with Crippen molar-refractivity contribution in [2.24, 2.45) is 0 Å². The van der Waals surface area contributed by atoms with Crippen molar-refractivity contribution >= 4 is 23.5 Å². The number of nitrogens with zero attached hydrogens (tertiary/aromatic N) is 1. The summed E-state index contributed by atoms with van der Waals surface area (Å²) in [6.45, 7) is 5.18. The third kappa shape index (κ3) is 6.03. The van der Waals surface area contributed by atoms with Crippen LogP contribution in [0.5, 0.6) is 0 Å². The second-order valence-corrected chi connectivity index (χ2v) is 9.88. The normalized spacial score (nSPS) is 20.2. The predicted octanol–water partition coefficient (Wildman–Crippen LogP) is 4.41. The summed E-state index contributed by atoms with van der Waals surface area (Å²) in [5.74, 6) is -1.93. The van der Waals surface area contributed by atoms with Gasteiger partial charge in [-0.1, -0.05) is 42.5 Å². The number of carbonyl (C=O) groups is 3. The Morgan fingerprint density at radius 2 is 1.80 bits per heavy atom. The fraction of sp³-hybridized carbons (Fsp3) is 0.258. The van der Waals surface area contributed by atoms with Crippen molar-refractivity contribution in [3.63, 3.8) is 0 Å². The van der Waals surface area contributed by atoms with E-state index in [1.165, 1.54) is 18.2 Å². The monoisotopic (exact) mass is 542 g/mol. The summed E-state index contributed by atoms with van der Waals surface area (Å²) in [5, 5.41) is 12.3. The molecule has 3 aromatic rings. The molecule has 0 saturated carbocycles. The van der Waals surface area contributed by atoms with Crippen LogP contribution in [0, 0.1) is 0 Å². The van der Waals surface area contributed by atoms with Gasteiger partial charge in [0.15, 0.2) is 6.29 Å². The zero-order valence-electron chi connectivity index (χ0n) is 22.0. The number of cyclic esters (lactones) is 2. The molecule has 2 aliphatic heterocycles. The second kappa shape index (κ2) is 11.9. The standard InChI is InChI=1S/C31H30N2O7/c1-3-13-33(2)17-24-16-27(20-9-7-19(18-34)8-10-20)39-31(38-24)22-5-4-6-23(14-22)32-28(35)21-11-12-25-26(15-21)30(37)40-29(25)36/h3-12,14-15,24,27,31,34H,1,13,16-18H2,2H3,(H,32,35). The van der Waals surface area contributed by atoms with Crippen LogP contribution in [0.2, 0.25) is 0 Å². The highest BCUT2D eigenvalue weighted by Crippen LogP contribution is 2.38. The van der Waals surface area contributed by atoms with Crippen LogP contribution < -0.4 is 5.32 Å². The van der Waals surface area contributed by atoms with Crippen molar-refractivity contribution in [1.82, 2.24) is 4.90 Å². The van der Waals surface area contributed by atoms with Crippen molar-refractivity contribution in [3.05, 3.63) is 113 Å². The third-order valence-corrected chi connectivity index (χ3v) is 6.89. The maximum absolute atomic E-state index is 13.0. The van der Waals surface area contributed by atoms with Crippen LogP contribution in [-0.2, 0) is 20.8 Å². The third-order valence-electron chi connectivity index (χ3n) is 6.89. The van der Waals surface area contributed by atoms with Crippen molar-refractivity contribution in [2.75, 3.05) is 25.5 Å². The Hall–Kier alpha value is -4.15. The van der Waals surface area contributed by atoms with Gasteiger partial charge in [-0.05, 0) is 48.5 Å². The number of anilines is 1. The van der Waals surface area contributed by atoms with Gasteiger partial charge in [0.25, 0.3) is 5.91 Å². The number of ether oxygens (including phenoxy) is 3. The number of esters is 2. The number of likely N-dealkylation sites (N-methyl/N-ethyl adjacent to an activating group) is 1. The maximum atomic E-state index is 13.0. The van der Waals surface area contributed by atoms with E-state index in [-0.39, 0.29) is 35.5 Å². The predicted molar refractivity (Wildman–Crippen MR) is 147 cm³/mol. The Balaban J connectivity index is 1.35. The maximum Gasteiger partial charge on any atom is 0.346 e. The first kappa shape index (κ1) is 27.4. The first-order valence-electron chi connectivity index (χ1n) is 13.0. The SMILES string of the molecule is C=CCN(C)CC1CC(c2ccc(CO)cc2)OC(c2cccc(NC(=O)c3ccc4c(c3)C(=O)OC4=O)c2)O1. The van der Waals surface area contributed by atoms with Crippen LogP contribution in [0.4, 0.5) is 5.69 Å². The summed E-state index contributed by atoms with van der Waals surface area (Å²) in [6, 6.07) is 19.1. The van der Waals surface area contributed by atoms with E-state index in [2.05, 4.69) is 21.5 Å². The van der Waals surface area contributed by atoms with Gasteiger partial charge in [-0.15, -0.1) is 6.58 Å². The molecule has 9 heteroatoms. The largest absolute Gasteiger partial charge is 0.392 e. The van der Waals surface area contributed by atoms with Crippen LogP contribution >= 0.6 is 0 Å². The minimum absolute atomic E-state index is 0.0291. The lowest BCUT2D eigenvalue weighted by molar-refractivity contribution is -0.252. The van der Waals surface area contributed by atoms with E-state index in [9.17, 15) is 19.5 Å². The van der Waals surface area contributed by atoms with E-state index < -0.39 is 24.1 Å². The van der Waals surface area contributed by atoms with Gasteiger partial charge in [0.1, 0.15) is 0 Å². The number of fused-ring (bicyclic) bond motifs is 1. The van der Waals surface area contributed by atoms with E-state index in [1.54, 1.807) is 18.2 Å². The zero-order chi connectivity index (χ0) is 28.2. The molecule has 2 N–H and O–H groups in total. The Morgan fingerprint density at radius 3 is 2.55 bits per heavy atom. The molecule has 3 unspecified atom stereocenters. The molecule has 0 spiro atoms. The summed E-state index contributed by atoms with van der Waals surface area (Å²) in [6.07, 6.45) is 1.45. The van der Waals surface area contributed by atoms with E-state index in [4.69, 9.17) is 9.47 Å². The highest BCUT2D eigenvalue weighted by Gasteiger charge is 2.33. The Morgan fingerprint density at radius 1 is 1.02 bits per heavy atom. The first-order chi connectivity index (χ1) is 19.3. The molecule has 40 heavy (non-hydrogen) atoms. The second-order valence-electron chi connectivity index (χ2n) is 9.88. The molecular weight excluding hydrogens is 512 g/mol. The lowest BCUT2D eigenvalue weighted by Gasteiger charge is -2.37. The molecule has 0 aromatic heterocycles.